The van der Waals surface area contributed by atoms with Crippen LogP contribution < -0.4 is 4.74 Å². The molecule has 0 aliphatic heterocycles. The number of hydrogen-bond donors (Lipinski definition) is 0. The van der Waals surface area contributed by atoms with Crippen LogP contribution in [0.3, 0.4) is 0 Å². The molecule has 3 aromatic rings. The molecule has 0 saturated heterocycles. The molecule has 0 saturated carbocycles. The Balaban J connectivity index is 0.000000884. The summed E-state index contributed by atoms with van der Waals surface area (Å²) in [4.78, 5) is 25.0. The summed E-state index contributed by atoms with van der Waals surface area (Å²) in [5.74, 6) is 0.0256. The van der Waals surface area contributed by atoms with Gasteiger partial charge in [0.05, 0.1) is 26.2 Å². The van der Waals surface area contributed by atoms with Gasteiger partial charge in [-0.05, 0) is 48.9 Å². The fraction of sp³-hybridized carbons (Fsp3) is 0.360. The van der Waals surface area contributed by atoms with E-state index in [2.05, 4.69) is 13.8 Å². The number of rotatable bonds is 4. The van der Waals surface area contributed by atoms with E-state index in [0.717, 1.165) is 5.39 Å². The Labute approximate surface area is 189 Å². The van der Waals surface area contributed by atoms with Gasteiger partial charge in [0.2, 0.25) is 0 Å². The van der Waals surface area contributed by atoms with Crippen molar-refractivity contribution < 1.29 is 19.1 Å². The first-order valence-corrected chi connectivity index (χ1v) is 10.8. The Bertz CT molecular complexity index is 1010. The summed E-state index contributed by atoms with van der Waals surface area (Å²) in [6.45, 7) is 10.1. The van der Waals surface area contributed by atoms with Crippen LogP contribution in [-0.2, 0) is 16.0 Å². The molecule has 0 aliphatic rings. The third-order valence-electron chi connectivity index (χ3n) is 4.38. The summed E-state index contributed by atoms with van der Waals surface area (Å²) in [6.07, 6.45) is 1.31. The predicted octanol–water partition coefficient (Wildman–Crippen LogP) is 6.46. The largest absolute Gasteiger partial charge is 0.496 e. The van der Waals surface area contributed by atoms with Crippen molar-refractivity contribution in [2.24, 2.45) is 0 Å². The average molecular weight is 446 g/mol. The molecule has 0 unspecified atom stereocenters. The molecule has 5 nitrogen and oxygen atoms in total. The molecule has 0 fully saturated rings. The second-order valence-corrected chi connectivity index (χ2v) is 6.96. The highest BCUT2D eigenvalue weighted by Gasteiger charge is 2.23. The van der Waals surface area contributed by atoms with Crippen LogP contribution in [0, 0.1) is 6.92 Å². The maximum Gasteiger partial charge on any atom is 0.310 e. The van der Waals surface area contributed by atoms with E-state index in [4.69, 9.17) is 21.1 Å². The zero-order valence-corrected chi connectivity index (χ0v) is 20.2. The third kappa shape index (κ3) is 6.11. The van der Waals surface area contributed by atoms with Gasteiger partial charge in [0, 0.05) is 21.7 Å². The molecule has 0 bridgehead atoms. The fourth-order valence-electron chi connectivity index (χ4n) is 3.09. The zero-order chi connectivity index (χ0) is 23.6. The molecule has 0 atom stereocenters. The summed E-state index contributed by atoms with van der Waals surface area (Å²) in [5.41, 5.74) is 2.57. The highest BCUT2D eigenvalue weighted by atomic mass is 35.5. The molecule has 2 aromatic carbocycles. The van der Waals surface area contributed by atoms with Crippen molar-refractivity contribution in [1.82, 2.24) is 4.57 Å². The second-order valence-electron chi connectivity index (χ2n) is 6.53. The van der Waals surface area contributed by atoms with Crippen molar-refractivity contribution >= 4 is 34.4 Å². The minimum absolute atomic E-state index is 0.0557. The number of ether oxygens (including phenoxy) is 2. The smallest absolute Gasteiger partial charge is 0.310 e. The van der Waals surface area contributed by atoms with Crippen molar-refractivity contribution in [3.8, 4) is 5.75 Å². The molecule has 31 heavy (non-hydrogen) atoms. The average Bonchev–Trinajstić information content (AvgIpc) is 3.07. The molecule has 6 heteroatoms. The molecule has 0 amide bonds. The molecule has 0 spiro atoms. The topological polar surface area (TPSA) is 57.5 Å². The SMILES string of the molecule is CC.CCC.COC(=O)Cc1c(C)n(C(=O)c2ccc(Cl)cc2)c2cccc(OC)c12. The van der Waals surface area contributed by atoms with Crippen LogP contribution in [0.4, 0.5) is 0 Å². The van der Waals surface area contributed by atoms with Crippen LogP contribution in [0.5, 0.6) is 5.75 Å². The minimum Gasteiger partial charge on any atom is -0.496 e. The zero-order valence-electron chi connectivity index (χ0n) is 19.4. The number of fused-ring (bicyclic) bond motifs is 1. The minimum atomic E-state index is -0.378. The third-order valence-corrected chi connectivity index (χ3v) is 4.63. The van der Waals surface area contributed by atoms with E-state index in [1.807, 2.05) is 32.9 Å². The van der Waals surface area contributed by atoms with E-state index in [1.54, 1.807) is 42.0 Å². The summed E-state index contributed by atoms with van der Waals surface area (Å²) in [6, 6.07) is 12.1. The Kier molecular flexibility index (Phi) is 10.8. The number of esters is 1. The molecule has 168 valence electrons. The second kappa shape index (κ2) is 12.8. The first-order chi connectivity index (χ1) is 14.9. The van der Waals surface area contributed by atoms with Gasteiger partial charge in [-0.2, -0.15) is 0 Å². The van der Waals surface area contributed by atoms with E-state index >= 15 is 0 Å². The van der Waals surface area contributed by atoms with E-state index in [1.165, 1.54) is 13.5 Å². The van der Waals surface area contributed by atoms with E-state index < -0.39 is 0 Å². The summed E-state index contributed by atoms with van der Waals surface area (Å²) in [7, 11) is 2.90. The fourth-order valence-corrected chi connectivity index (χ4v) is 3.22. The Morgan fingerprint density at radius 2 is 1.58 bits per heavy atom. The standard InChI is InChI=1S/C20H18ClNO4.C3H8.C2H6/c1-12-15(11-18(23)26-3)19-16(5-4-6-17(19)25-2)22(12)20(24)13-7-9-14(21)10-8-13;1-3-2;1-2/h4-10H,11H2,1-3H3;3H2,1-2H3;1-2H3. The first-order valence-electron chi connectivity index (χ1n) is 10.4. The molecule has 0 aliphatic carbocycles. The van der Waals surface area contributed by atoms with Gasteiger partial charge in [0.25, 0.3) is 5.91 Å². The van der Waals surface area contributed by atoms with Gasteiger partial charge in [-0.3, -0.25) is 14.2 Å². The molecule has 1 aromatic heterocycles. The van der Waals surface area contributed by atoms with Crippen molar-refractivity contribution in [1.29, 1.82) is 0 Å². The molecular weight excluding hydrogens is 414 g/mol. The van der Waals surface area contributed by atoms with Gasteiger partial charge < -0.3 is 9.47 Å². The maximum absolute atomic E-state index is 13.1. The number of methoxy groups -OCH3 is 2. The van der Waals surface area contributed by atoms with E-state index in [9.17, 15) is 9.59 Å². The van der Waals surface area contributed by atoms with Crippen molar-refractivity contribution in [2.45, 2.75) is 47.5 Å². The number of carbonyl (C=O) groups is 2. The van der Waals surface area contributed by atoms with E-state index in [0.29, 0.717) is 33.1 Å². The lowest BCUT2D eigenvalue weighted by atomic mass is 10.1. The lowest BCUT2D eigenvalue weighted by Gasteiger charge is -2.08. The first kappa shape index (κ1) is 26.2. The van der Waals surface area contributed by atoms with Gasteiger partial charge in [-0.25, -0.2) is 0 Å². The predicted molar refractivity (Wildman–Crippen MR) is 127 cm³/mol. The van der Waals surface area contributed by atoms with Crippen molar-refractivity contribution in [3.63, 3.8) is 0 Å². The Morgan fingerprint density at radius 3 is 2.10 bits per heavy atom. The number of hydrogen-bond acceptors (Lipinski definition) is 4. The lowest BCUT2D eigenvalue weighted by molar-refractivity contribution is -0.139. The van der Waals surface area contributed by atoms with Crippen LogP contribution in [0.2, 0.25) is 5.02 Å². The number of nitrogens with zero attached hydrogens (tertiary/aromatic N) is 1. The number of benzene rings is 2. The van der Waals surface area contributed by atoms with Crippen LogP contribution in [0.1, 0.15) is 55.7 Å². The maximum atomic E-state index is 13.1. The normalized spacial score (nSPS) is 9.81. The number of aromatic nitrogens is 1. The highest BCUT2D eigenvalue weighted by Crippen LogP contribution is 2.34. The summed E-state index contributed by atoms with van der Waals surface area (Å²) < 4.78 is 11.9. The monoisotopic (exact) mass is 445 g/mol. The van der Waals surface area contributed by atoms with E-state index in [-0.39, 0.29) is 18.3 Å². The van der Waals surface area contributed by atoms with Gasteiger partial charge >= 0.3 is 5.97 Å². The van der Waals surface area contributed by atoms with Gasteiger partial charge in [-0.15, -0.1) is 0 Å². The number of carbonyl (C=O) groups excluding carboxylic acids is 2. The molecule has 0 radical (unpaired) electrons. The molecule has 0 N–H and O–H groups in total. The van der Waals surface area contributed by atoms with Gasteiger partial charge in [0.1, 0.15) is 5.75 Å². The quantitative estimate of drug-likeness (QED) is 0.432. The molecule has 3 rings (SSSR count). The van der Waals surface area contributed by atoms with Crippen molar-refractivity contribution in [3.05, 3.63) is 64.3 Å². The van der Waals surface area contributed by atoms with Gasteiger partial charge in [0.15, 0.2) is 0 Å². The van der Waals surface area contributed by atoms with Crippen LogP contribution in [0.15, 0.2) is 42.5 Å². The van der Waals surface area contributed by atoms with Gasteiger partial charge in [-0.1, -0.05) is 51.8 Å². The Hall–Kier alpha value is -2.79. The van der Waals surface area contributed by atoms with Crippen LogP contribution in [-0.4, -0.2) is 30.7 Å². The number of halogens is 1. The Morgan fingerprint density at radius 1 is 1.00 bits per heavy atom. The lowest BCUT2D eigenvalue weighted by Crippen LogP contribution is -2.14. The summed E-state index contributed by atoms with van der Waals surface area (Å²) in [5, 5.41) is 1.30. The molecule has 1 heterocycles. The van der Waals surface area contributed by atoms with Crippen LogP contribution in [0.25, 0.3) is 10.9 Å². The summed E-state index contributed by atoms with van der Waals surface area (Å²) >= 11 is 5.92. The molecular formula is C25H32ClNO4. The van der Waals surface area contributed by atoms with Crippen molar-refractivity contribution in [2.75, 3.05) is 14.2 Å². The highest BCUT2D eigenvalue weighted by molar-refractivity contribution is 6.30. The van der Waals surface area contributed by atoms with Crippen LogP contribution >= 0.6 is 11.6 Å².